The molecule has 5 nitrogen and oxygen atoms in total. The van der Waals surface area contributed by atoms with E-state index in [1.807, 2.05) is 0 Å². The summed E-state index contributed by atoms with van der Waals surface area (Å²) in [5.41, 5.74) is 0.155. The number of hydrogen-bond acceptors (Lipinski definition) is 5. The van der Waals surface area contributed by atoms with Crippen molar-refractivity contribution in [3.05, 3.63) is 11.3 Å². The quantitative estimate of drug-likeness (QED) is 0.263. The molecule has 0 bridgehead atoms. The standard InChI is InChI=1S/C21H37O5P/c1-4-7-8-9-10-11-12-13-14-19-20-17(16-24-19)15-18(22)21(20)27(23,25-5-2)26-6-3/h17,21H,4-16H2,1-3H3. The van der Waals surface area contributed by atoms with Gasteiger partial charge < -0.3 is 13.8 Å². The molecule has 6 heteroatoms. The molecule has 2 unspecified atom stereocenters. The van der Waals surface area contributed by atoms with Crippen molar-refractivity contribution in [1.29, 1.82) is 0 Å². The molecule has 1 aliphatic carbocycles. The number of allylic oxidation sites excluding steroid dienone is 1. The molecule has 0 aromatic rings. The molecule has 156 valence electrons. The van der Waals surface area contributed by atoms with E-state index in [0.29, 0.717) is 13.0 Å². The molecule has 2 atom stereocenters. The average molecular weight is 400 g/mol. The van der Waals surface area contributed by atoms with Crippen LogP contribution in [0.3, 0.4) is 0 Å². The summed E-state index contributed by atoms with van der Waals surface area (Å²) < 4.78 is 30.2. The monoisotopic (exact) mass is 400 g/mol. The topological polar surface area (TPSA) is 61.8 Å². The summed E-state index contributed by atoms with van der Waals surface area (Å²) in [5.74, 6) is 0.916. The van der Waals surface area contributed by atoms with Gasteiger partial charge in [-0.3, -0.25) is 9.36 Å². The zero-order chi connectivity index (χ0) is 19.7. The average Bonchev–Trinajstić information content (AvgIpc) is 3.16. The van der Waals surface area contributed by atoms with Crippen LogP contribution in [0.15, 0.2) is 11.3 Å². The van der Waals surface area contributed by atoms with Gasteiger partial charge in [0, 0.05) is 18.8 Å². The number of ketones is 1. The largest absolute Gasteiger partial charge is 0.497 e. The Kier molecular flexibility index (Phi) is 9.55. The molecule has 27 heavy (non-hydrogen) atoms. The first-order valence-electron chi connectivity index (χ1n) is 10.8. The Morgan fingerprint density at radius 2 is 1.56 bits per heavy atom. The number of Topliss-reactive ketones (excluding diaryl/α,β-unsaturated/α-hetero) is 1. The zero-order valence-electron chi connectivity index (χ0n) is 17.3. The highest BCUT2D eigenvalue weighted by Crippen LogP contribution is 2.61. The molecular weight excluding hydrogens is 363 g/mol. The molecule has 1 fully saturated rings. The van der Waals surface area contributed by atoms with Gasteiger partial charge in [-0.15, -0.1) is 0 Å². The molecule has 0 N–H and O–H groups in total. The summed E-state index contributed by atoms with van der Waals surface area (Å²) >= 11 is 0. The van der Waals surface area contributed by atoms with Gasteiger partial charge in [-0.25, -0.2) is 0 Å². The van der Waals surface area contributed by atoms with Crippen LogP contribution in [-0.4, -0.2) is 31.3 Å². The molecule has 0 radical (unpaired) electrons. The van der Waals surface area contributed by atoms with E-state index in [1.54, 1.807) is 13.8 Å². The number of ether oxygens (including phenoxy) is 1. The first-order valence-corrected chi connectivity index (χ1v) is 12.5. The van der Waals surface area contributed by atoms with Crippen LogP contribution < -0.4 is 0 Å². The Morgan fingerprint density at radius 1 is 0.963 bits per heavy atom. The van der Waals surface area contributed by atoms with E-state index < -0.39 is 13.3 Å². The smallest absolute Gasteiger partial charge is 0.345 e. The van der Waals surface area contributed by atoms with Gasteiger partial charge in [-0.1, -0.05) is 51.9 Å². The van der Waals surface area contributed by atoms with Crippen molar-refractivity contribution >= 4 is 13.4 Å². The fourth-order valence-electron chi connectivity index (χ4n) is 4.20. The number of hydrogen-bond donors (Lipinski definition) is 0. The van der Waals surface area contributed by atoms with Gasteiger partial charge in [0.05, 0.1) is 25.6 Å². The maximum absolute atomic E-state index is 13.3. The lowest BCUT2D eigenvalue weighted by Crippen LogP contribution is -2.20. The summed E-state index contributed by atoms with van der Waals surface area (Å²) in [6.45, 7) is 6.87. The summed E-state index contributed by atoms with van der Waals surface area (Å²) in [6, 6.07) is 0. The number of rotatable bonds is 14. The number of unbranched alkanes of at least 4 members (excludes halogenated alkanes) is 7. The summed E-state index contributed by atoms with van der Waals surface area (Å²) in [5, 5.41) is 0. The molecule has 0 aromatic carbocycles. The van der Waals surface area contributed by atoms with E-state index in [1.165, 1.54) is 44.9 Å². The maximum Gasteiger partial charge on any atom is 0.345 e. The molecule has 1 saturated carbocycles. The third kappa shape index (κ3) is 5.92. The lowest BCUT2D eigenvalue weighted by molar-refractivity contribution is -0.117. The predicted molar refractivity (Wildman–Crippen MR) is 108 cm³/mol. The van der Waals surface area contributed by atoms with Crippen molar-refractivity contribution < 1.29 is 23.1 Å². The Balaban J connectivity index is 1.95. The Bertz CT molecular complexity index is 547. The second kappa shape index (κ2) is 11.4. The minimum Gasteiger partial charge on any atom is -0.497 e. The number of fused-ring (bicyclic) bond motifs is 1. The Labute approximate surface area is 164 Å². The van der Waals surface area contributed by atoms with E-state index >= 15 is 0 Å². The molecule has 0 saturated heterocycles. The fourth-order valence-corrected chi connectivity index (χ4v) is 6.45. The molecule has 0 spiro atoms. The van der Waals surface area contributed by atoms with Gasteiger partial charge in [-0.05, 0) is 25.8 Å². The first-order chi connectivity index (χ1) is 13.1. The van der Waals surface area contributed by atoms with Crippen molar-refractivity contribution in [1.82, 2.24) is 0 Å². The highest BCUT2D eigenvalue weighted by Gasteiger charge is 2.53. The second-order valence-electron chi connectivity index (χ2n) is 7.56. The Morgan fingerprint density at radius 3 is 2.15 bits per heavy atom. The molecule has 2 rings (SSSR count). The third-order valence-electron chi connectivity index (χ3n) is 5.46. The van der Waals surface area contributed by atoms with Crippen LogP contribution in [0.5, 0.6) is 0 Å². The Hall–Kier alpha value is -0.640. The van der Waals surface area contributed by atoms with Crippen molar-refractivity contribution in [2.75, 3.05) is 19.8 Å². The number of carbonyl (C=O) groups excluding carboxylic acids is 1. The molecular formula is C21H37O5P. The highest BCUT2D eigenvalue weighted by atomic mass is 31.2. The van der Waals surface area contributed by atoms with Crippen LogP contribution in [0, 0.1) is 5.92 Å². The van der Waals surface area contributed by atoms with Crippen LogP contribution in [-0.2, 0) is 23.1 Å². The fraction of sp³-hybridized carbons (Fsp3) is 0.857. The molecule has 2 aliphatic rings. The van der Waals surface area contributed by atoms with E-state index in [-0.39, 0.29) is 24.9 Å². The van der Waals surface area contributed by atoms with Crippen LogP contribution in [0.1, 0.15) is 85.0 Å². The van der Waals surface area contributed by atoms with Crippen LogP contribution in [0.2, 0.25) is 0 Å². The SMILES string of the molecule is CCCCCCCCCCC1=C2C(CO1)CC(=O)C2P(=O)(OCC)OCC. The number of carbonyl (C=O) groups is 1. The van der Waals surface area contributed by atoms with Crippen molar-refractivity contribution in [3.63, 3.8) is 0 Å². The lowest BCUT2D eigenvalue weighted by atomic mass is 10.0. The van der Waals surface area contributed by atoms with Gasteiger partial charge in [0.25, 0.3) is 0 Å². The van der Waals surface area contributed by atoms with Crippen LogP contribution >= 0.6 is 7.60 Å². The highest BCUT2D eigenvalue weighted by molar-refractivity contribution is 7.56. The van der Waals surface area contributed by atoms with E-state index in [9.17, 15) is 9.36 Å². The van der Waals surface area contributed by atoms with Gasteiger partial charge in [0.1, 0.15) is 5.66 Å². The van der Waals surface area contributed by atoms with Gasteiger partial charge in [-0.2, -0.15) is 0 Å². The van der Waals surface area contributed by atoms with Gasteiger partial charge in [0.2, 0.25) is 0 Å². The summed E-state index contributed by atoms with van der Waals surface area (Å²) in [7, 11) is -3.48. The van der Waals surface area contributed by atoms with Crippen molar-refractivity contribution in [2.45, 2.75) is 90.6 Å². The maximum atomic E-state index is 13.3. The third-order valence-corrected chi connectivity index (χ3v) is 7.89. The lowest BCUT2D eigenvalue weighted by Gasteiger charge is -2.23. The van der Waals surface area contributed by atoms with Gasteiger partial charge >= 0.3 is 7.60 Å². The second-order valence-corrected chi connectivity index (χ2v) is 9.67. The van der Waals surface area contributed by atoms with E-state index in [4.69, 9.17) is 13.8 Å². The minimum atomic E-state index is -3.48. The molecule has 1 aliphatic heterocycles. The summed E-state index contributed by atoms with van der Waals surface area (Å²) in [4.78, 5) is 12.6. The van der Waals surface area contributed by atoms with E-state index in [2.05, 4.69) is 6.92 Å². The van der Waals surface area contributed by atoms with Crippen molar-refractivity contribution in [3.8, 4) is 0 Å². The predicted octanol–water partition coefficient (Wildman–Crippen LogP) is 6.03. The van der Waals surface area contributed by atoms with Crippen LogP contribution in [0.4, 0.5) is 0 Å². The molecule has 1 heterocycles. The van der Waals surface area contributed by atoms with Crippen LogP contribution in [0.25, 0.3) is 0 Å². The van der Waals surface area contributed by atoms with Gasteiger partial charge in [0.15, 0.2) is 5.78 Å². The molecule has 0 aromatic heterocycles. The zero-order valence-corrected chi connectivity index (χ0v) is 18.2. The minimum absolute atomic E-state index is 0.0167. The van der Waals surface area contributed by atoms with E-state index in [0.717, 1.165) is 24.2 Å². The normalized spacial score (nSPS) is 22.4. The first kappa shape index (κ1) is 22.6. The molecule has 0 amide bonds. The summed E-state index contributed by atoms with van der Waals surface area (Å²) in [6.07, 6.45) is 11.2. The van der Waals surface area contributed by atoms with Crippen molar-refractivity contribution in [2.24, 2.45) is 5.92 Å².